The summed E-state index contributed by atoms with van der Waals surface area (Å²) in [5.74, 6) is 0. The minimum Gasteiger partial charge on any atom is -0.369 e. The number of piperazine rings is 1. The molecule has 1 heterocycles. The number of hydrogen-bond acceptors (Lipinski definition) is 6. The Morgan fingerprint density at radius 2 is 1.46 bits per heavy atom. The highest BCUT2D eigenvalue weighted by Gasteiger charge is 2.29. The molecule has 0 atom stereocenters. The molecule has 0 aromatic heterocycles. The lowest BCUT2D eigenvalue weighted by atomic mass is 10.0. The number of nitro benzene ring substituents is 1. The Bertz CT molecular complexity index is 1270. The Hall–Kier alpha value is -2.53. The van der Waals surface area contributed by atoms with Crippen LogP contribution in [0.1, 0.15) is 23.7 Å². The number of non-ortho nitro benzene ring substituents is 1. The second-order valence-corrected chi connectivity index (χ2v) is 11.5. The molecule has 4 rings (SSSR count). The Labute approximate surface area is 226 Å². The lowest BCUT2D eigenvalue weighted by Crippen LogP contribution is -2.48. The van der Waals surface area contributed by atoms with E-state index in [0.717, 1.165) is 30.2 Å². The first-order valence-electron chi connectivity index (χ1n) is 11.8. The molecule has 0 spiro atoms. The highest BCUT2D eigenvalue weighted by atomic mass is 35.5. The summed E-state index contributed by atoms with van der Waals surface area (Å²) in [7, 11) is -3.79. The van der Waals surface area contributed by atoms with Crippen LogP contribution in [0.3, 0.4) is 0 Å². The molecule has 11 heteroatoms. The van der Waals surface area contributed by atoms with Crippen LogP contribution in [0.15, 0.2) is 77.7 Å². The maximum atomic E-state index is 13.0. The quantitative estimate of drug-likeness (QED) is 0.186. The van der Waals surface area contributed by atoms with E-state index in [1.165, 1.54) is 22.5 Å². The summed E-state index contributed by atoms with van der Waals surface area (Å²) in [6.45, 7) is 3.08. The van der Waals surface area contributed by atoms with E-state index in [9.17, 15) is 18.5 Å². The van der Waals surface area contributed by atoms with E-state index < -0.39 is 14.9 Å². The minimum absolute atomic E-state index is 0.0565. The summed E-state index contributed by atoms with van der Waals surface area (Å²) in [5, 5.41) is 12.3. The van der Waals surface area contributed by atoms with Crippen molar-refractivity contribution in [2.45, 2.75) is 17.4 Å². The van der Waals surface area contributed by atoms with Gasteiger partial charge in [0, 0.05) is 61.5 Å². The van der Waals surface area contributed by atoms with Crippen molar-refractivity contribution in [1.29, 1.82) is 0 Å². The van der Waals surface area contributed by atoms with Crippen molar-refractivity contribution in [3.05, 3.63) is 104 Å². The van der Waals surface area contributed by atoms with Crippen molar-refractivity contribution in [3.63, 3.8) is 0 Å². The van der Waals surface area contributed by atoms with E-state index in [1.807, 2.05) is 48.5 Å². The van der Waals surface area contributed by atoms with Crippen LogP contribution in [0.25, 0.3) is 0 Å². The van der Waals surface area contributed by atoms with Crippen LogP contribution in [0.4, 0.5) is 5.69 Å². The number of hydrogen-bond donors (Lipinski definition) is 0. The van der Waals surface area contributed by atoms with Gasteiger partial charge in [-0.2, -0.15) is 4.31 Å². The first-order chi connectivity index (χ1) is 17.7. The lowest BCUT2D eigenvalue weighted by Gasteiger charge is -2.34. The van der Waals surface area contributed by atoms with E-state index in [-0.39, 0.29) is 16.7 Å². The van der Waals surface area contributed by atoms with Gasteiger partial charge in [-0.25, -0.2) is 8.42 Å². The minimum atomic E-state index is -3.79. The van der Waals surface area contributed by atoms with Crippen LogP contribution < -0.4 is 0 Å². The lowest BCUT2D eigenvalue weighted by molar-refractivity contribution is -0.385. The zero-order valence-electron chi connectivity index (χ0n) is 20.0. The topological polar surface area (TPSA) is 93.0 Å². The van der Waals surface area contributed by atoms with Crippen LogP contribution in [0.5, 0.6) is 0 Å². The molecule has 0 bridgehead atoms. The summed E-state index contributed by atoms with van der Waals surface area (Å²) in [4.78, 5) is 12.6. The summed E-state index contributed by atoms with van der Waals surface area (Å²) in [6, 6.07) is 20.3. The third kappa shape index (κ3) is 7.07. The Morgan fingerprint density at radius 3 is 2.00 bits per heavy atom. The molecular formula is C26H27Cl2N3O5S. The number of halogens is 2. The maximum Gasteiger partial charge on any atom is 0.270 e. The molecule has 0 N–H and O–H groups in total. The Kier molecular flexibility index (Phi) is 9.17. The zero-order chi connectivity index (χ0) is 26.4. The number of ether oxygens (including phenoxy) is 1. The average Bonchev–Trinajstić information content (AvgIpc) is 2.90. The van der Waals surface area contributed by atoms with Crippen molar-refractivity contribution in [2.24, 2.45) is 0 Å². The van der Waals surface area contributed by atoms with Crippen molar-refractivity contribution < 1.29 is 18.1 Å². The fourth-order valence-corrected chi connectivity index (χ4v) is 5.96. The van der Waals surface area contributed by atoms with Gasteiger partial charge in [0.2, 0.25) is 10.0 Å². The van der Waals surface area contributed by atoms with Gasteiger partial charge in [0.15, 0.2) is 0 Å². The van der Waals surface area contributed by atoms with Gasteiger partial charge in [-0.05, 0) is 47.9 Å². The molecule has 1 fully saturated rings. The van der Waals surface area contributed by atoms with Crippen LogP contribution in [-0.4, -0.2) is 61.9 Å². The van der Waals surface area contributed by atoms with Crippen molar-refractivity contribution in [3.8, 4) is 0 Å². The zero-order valence-corrected chi connectivity index (χ0v) is 22.3. The standard InChI is InChI=1S/C26H27Cl2N3O5S/c27-22-9-5-20(6-10-22)26(21-7-11-23(28)12-8-21)36-18-2-13-29-14-16-30(17-15-29)37(34,35)25-4-1-3-24(19-25)31(32)33/h1,3-12,19,26H,2,13-18H2. The van der Waals surface area contributed by atoms with Crippen LogP contribution >= 0.6 is 23.2 Å². The Morgan fingerprint density at radius 1 is 0.892 bits per heavy atom. The highest BCUT2D eigenvalue weighted by molar-refractivity contribution is 7.89. The molecular weight excluding hydrogens is 537 g/mol. The van der Waals surface area contributed by atoms with Gasteiger partial charge in [0.05, 0.1) is 9.82 Å². The van der Waals surface area contributed by atoms with Crippen molar-refractivity contribution >= 4 is 38.9 Å². The molecule has 0 radical (unpaired) electrons. The summed E-state index contributed by atoms with van der Waals surface area (Å²) >= 11 is 12.1. The largest absolute Gasteiger partial charge is 0.369 e. The highest BCUT2D eigenvalue weighted by Crippen LogP contribution is 2.28. The third-order valence-corrected chi connectivity index (χ3v) is 8.64. The van der Waals surface area contributed by atoms with Crippen LogP contribution in [0.2, 0.25) is 10.0 Å². The second kappa shape index (κ2) is 12.3. The fraction of sp³-hybridized carbons (Fsp3) is 0.308. The fourth-order valence-electron chi connectivity index (χ4n) is 4.25. The van der Waals surface area contributed by atoms with E-state index in [2.05, 4.69) is 4.90 Å². The summed E-state index contributed by atoms with van der Waals surface area (Å²) < 4.78 is 33.6. The monoisotopic (exact) mass is 563 g/mol. The molecule has 1 saturated heterocycles. The van der Waals surface area contributed by atoms with E-state index >= 15 is 0 Å². The van der Waals surface area contributed by atoms with Gasteiger partial charge in [-0.3, -0.25) is 10.1 Å². The van der Waals surface area contributed by atoms with E-state index in [4.69, 9.17) is 27.9 Å². The first-order valence-corrected chi connectivity index (χ1v) is 14.0. The molecule has 0 aliphatic carbocycles. The predicted octanol–water partition coefficient (Wildman–Crippen LogP) is 5.40. The van der Waals surface area contributed by atoms with Crippen molar-refractivity contribution in [2.75, 3.05) is 39.3 Å². The smallest absolute Gasteiger partial charge is 0.270 e. The van der Waals surface area contributed by atoms with Gasteiger partial charge in [0.1, 0.15) is 6.10 Å². The SMILES string of the molecule is O=[N+]([O-])c1cccc(S(=O)(=O)N2CCN(CCCOC(c3ccc(Cl)cc3)c3ccc(Cl)cc3)CC2)c1. The Balaban J connectivity index is 1.30. The van der Waals surface area contributed by atoms with Crippen LogP contribution in [0, 0.1) is 10.1 Å². The van der Waals surface area contributed by atoms with Gasteiger partial charge >= 0.3 is 0 Å². The normalized spacial score (nSPS) is 15.2. The van der Waals surface area contributed by atoms with Crippen LogP contribution in [-0.2, 0) is 14.8 Å². The molecule has 0 amide bonds. The predicted molar refractivity (Wildman–Crippen MR) is 144 cm³/mol. The molecule has 8 nitrogen and oxygen atoms in total. The van der Waals surface area contributed by atoms with Crippen molar-refractivity contribution in [1.82, 2.24) is 9.21 Å². The average molecular weight is 564 g/mol. The molecule has 1 aliphatic rings. The van der Waals surface area contributed by atoms with Gasteiger partial charge < -0.3 is 9.64 Å². The van der Waals surface area contributed by atoms with Gasteiger partial charge in [-0.1, -0.05) is 53.5 Å². The molecule has 3 aromatic carbocycles. The van der Waals surface area contributed by atoms with Gasteiger partial charge in [0.25, 0.3) is 5.69 Å². The van der Waals surface area contributed by atoms with E-state index in [0.29, 0.717) is 42.8 Å². The molecule has 37 heavy (non-hydrogen) atoms. The molecule has 3 aromatic rings. The van der Waals surface area contributed by atoms with Gasteiger partial charge in [-0.15, -0.1) is 0 Å². The maximum absolute atomic E-state index is 13.0. The molecule has 0 unspecified atom stereocenters. The first kappa shape index (κ1) is 27.5. The molecule has 0 saturated carbocycles. The number of benzene rings is 3. The molecule has 1 aliphatic heterocycles. The number of rotatable bonds is 10. The summed E-state index contributed by atoms with van der Waals surface area (Å²) in [6.07, 6.45) is 0.515. The second-order valence-electron chi connectivity index (χ2n) is 8.71. The summed E-state index contributed by atoms with van der Waals surface area (Å²) in [5.41, 5.74) is 1.74. The molecule has 196 valence electrons. The van der Waals surface area contributed by atoms with E-state index in [1.54, 1.807) is 0 Å². The number of nitro groups is 1. The number of sulfonamides is 1. The number of nitrogens with zero attached hydrogens (tertiary/aromatic N) is 3. The third-order valence-electron chi connectivity index (χ3n) is 6.25.